The first-order valence-electron chi connectivity index (χ1n) is 7.82. The quantitative estimate of drug-likeness (QED) is 0.442. The van der Waals surface area contributed by atoms with Crippen LogP contribution in [0.5, 0.6) is 0 Å². The summed E-state index contributed by atoms with van der Waals surface area (Å²) in [4.78, 5) is 4.15. The molecule has 0 rings (SSSR count). The first-order chi connectivity index (χ1) is 8.78. The van der Waals surface area contributed by atoms with Crippen LogP contribution < -0.4 is 0 Å². The minimum absolute atomic E-state index is 1.19. The summed E-state index contributed by atoms with van der Waals surface area (Å²) >= 11 is 2.09. The SMILES string of the molecule is CCC=C(CCCCN(CC)CC)SCCCC. The van der Waals surface area contributed by atoms with Gasteiger partial charge in [-0.15, -0.1) is 11.8 Å². The molecule has 0 bridgehead atoms. The summed E-state index contributed by atoms with van der Waals surface area (Å²) in [7, 11) is 0. The number of hydrogen-bond acceptors (Lipinski definition) is 2. The lowest BCUT2D eigenvalue weighted by atomic mass is 10.2. The van der Waals surface area contributed by atoms with Gasteiger partial charge >= 0.3 is 0 Å². The van der Waals surface area contributed by atoms with Crippen LogP contribution in [0.2, 0.25) is 0 Å². The van der Waals surface area contributed by atoms with Gasteiger partial charge in [0.2, 0.25) is 0 Å². The molecule has 0 N–H and O–H groups in total. The number of nitrogens with zero attached hydrogens (tertiary/aromatic N) is 1. The van der Waals surface area contributed by atoms with E-state index in [9.17, 15) is 0 Å². The highest BCUT2D eigenvalue weighted by atomic mass is 32.2. The fourth-order valence-electron chi connectivity index (χ4n) is 1.98. The van der Waals surface area contributed by atoms with Gasteiger partial charge in [0.05, 0.1) is 0 Å². The molecule has 0 aliphatic carbocycles. The van der Waals surface area contributed by atoms with Crippen LogP contribution in [0.25, 0.3) is 0 Å². The molecule has 0 radical (unpaired) electrons. The Morgan fingerprint density at radius 2 is 1.72 bits per heavy atom. The van der Waals surface area contributed by atoms with Gasteiger partial charge in [0.15, 0.2) is 0 Å². The van der Waals surface area contributed by atoms with Gasteiger partial charge in [-0.1, -0.05) is 40.2 Å². The minimum atomic E-state index is 1.19. The summed E-state index contributed by atoms with van der Waals surface area (Å²) in [5, 5.41) is 0. The fourth-order valence-corrected chi connectivity index (χ4v) is 3.25. The minimum Gasteiger partial charge on any atom is -0.304 e. The van der Waals surface area contributed by atoms with Crippen LogP contribution in [-0.4, -0.2) is 30.3 Å². The highest BCUT2D eigenvalue weighted by molar-refractivity contribution is 8.03. The van der Waals surface area contributed by atoms with Crippen LogP contribution in [0.3, 0.4) is 0 Å². The molecule has 1 nitrogen and oxygen atoms in total. The molecular weight excluding hydrogens is 238 g/mol. The standard InChI is InChI=1S/C16H33NS/c1-5-9-15-18-16(12-6-2)13-10-11-14-17(7-3)8-4/h12H,5-11,13-15H2,1-4H3. The normalized spacial score (nSPS) is 12.4. The van der Waals surface area contributed by atoms with Gasteiger partial charge in [-0.2, -0.15) is 0 Å². The van der Waals surface area contributed by atoms with Crippen LogP contribution in [0.15, 0.2) is 11.0 Å². The Morgan fingerprint density at radius 3 is 2.28 bits per heavy atom. The third-order valence-corrected chi connectivity index (χ3v) is 4.49. The van der Waals surface area contributed by atoms with E-state index in [4.69, 9.17) is 0 Å². The second kappa shape index (κ2) is 13.5. The maximum atomic E-state index is 2.52. The number of rotatable bonds is 12. The maximum Gasteiger partial charge on any atom is -0.00189 e. The lowest BCUT2D eigenvalue weighted by molar-refractivity contribution is 0.297. The van der Waals surface area contributed by atoms with Crippen molar-refractivity contribution in [3.63, 3.8) is 0 Å². The Balaban J connectivity index is 3.73. The van der Waals surface area contributed by atoms with Crippen molar-refractivity contribution in [3.05, 3.63) is 11.0 Å². The topological polar surface area (TPSA) is 3.24 Å². The van der Waals surface area contributed by atoms with E-state index in [1.54, 1.807) is 4.91 Å². The van der Waals surface area contributed by atoms with E-state index in [2.05, 4.69) is 50.4 Å². The Morgan fingerprint density at radius 1 is 1.00 bits per heavy atom. The fraction of sp³-hybridized carbons (Fsp3) is 0.875. The summed E-state index contributed by atoms with van der Waals surface area (Å²) < 4.78 is 0. The monoisotopic (exact) mass is 271 g/mol. The van der Waals surface area contributed by atoms with E-state index in [1.165, 1.54) is 63.9 Å². The molecule has 0 aromatic heterocycles. The largest absolute Gasteiger partial charge is 0.304 e. The number of unbranched alkanes of at least 4 members (excludes halogenated alkanes) is 2. The lowest BCUT2D eigenvalue weighted by Crippen LogP contribution is -2.23. The van der Waals surface area contributed by atoms with Crippen molar-refractivity contribution in [2.45, 2.75) is 66.2 Å². The number of hydrogen-bond donors (Lipinski definition) is 0. The van der Waals surface area contributed by atoms with E-state index in [-0.39, 0.29) is 0 Å². The maximum absolute atomic E-state index is 2.52. The Hall–Kier alpha value is 0.0500. The summed E-state index contributed by atoms with van der Waals surface area (Å²) in [5.74, 6) is 1.30. The second-order valence-corrected chi connectivity index (χ2v) is 5.99. The number of thioether (sulfide) groups is 1. The smallest absolute Gasteiger partial charge is 0.00189 e. The molecule has 0 fully saturated rings. The molecule has 0 heterocycles. The highest BCUT2D eigenvalue weighted by Gasteiger charge is 2.01. The molecule has 0 aromatic rings. The number of allylic oxidation sites excluding steroid dienone is 2. The Labute approximate surface area is 119 Å². The zero-order valence-corrected chi connectivity index (χ0v) is 13.8. The van der Waals surface area contributed by atoms with Crippen LogP contribution in [-0.2, 0) is 0 Å². The van der Waals surface area contributed by atoms with Crippen LogP contribution >= 0.6 is 11.8 Å². The lowest BCUT2D eigenvalue weighted by Gasteiger charge is -2.17. The molecule has 18 heavy (non-hydrogen) atoms. The Kier molecular flexibility index (Phi) is 13.5. The van der Waals surface area contributed by atoms with E-state index < -0.39 is 0 Å². The van der Waals surface area contributed by atoms with E-state index in [1.807, 2.05) is 0 Å². The molecule has 0 aliphatic heterocycles. The van der Waals surface area contributed by atoms with Gasteiger partial charge in [0.25, 0.3) is 0 Å². The molecule has 108 valence electrons. The summed E-state index contributed by atoms with van der Waals surface area (Å²) in [6.07, 6.45) is 10.3. The average molecular weight is 272 g/mol. The van der Waals surface area contributed by atoms with E-state index in [0.29, 0.717) is 0 Å². The van der Waals surface area contributed by atoms with Crippen molar-refractivity contribution in [1.82, 2.24) is 4.90 Å². The van der Waals surface area contributed by atoms with Crippen molar-refractivity contribution in [2.24, 2.45) is 0 Å². The molecule has 0 aromatic carbocycles. The van der Waals surface area contributed by atoms with Crippen molar-refractivity contribution in [3.8, 4) is 0 Å². The van der Waals surface area contributed by atoms with Gasteiger partial charge in [0.1, 0.15) is 0 Å². The van der Waals surface area contributed by atoms with Gasteiger partial charge in [0, 0.05) is 0 Å². The molecule has 0 saturated carbocycles. The highest BCUT2D eigenvalue weighted by Crippen LogP contribution is 2.23. The third-order valence-electron chi connectivity index (χ3n) is 3.26. The third kappa shape index (κ3) is 10.0. The molecule has 0 aliphatic rings. The average Bonchev–Trinajstić information content (AvgIpc) is 2.39. The first-order valence-corrected chi connectivity index (χ1v) is 8.81. The second-order valence-electron chi connectivity index (χ2n) is 4.76. The predicted molar refractivity (Wildman–Crippen MR) is 87.4 cm³/mol. The first kappa shape index (κ1) is 18.0. The van der Waals surface area contributed by atoms with Gasteiger partial charge in [-0.3, -0.25) is 0 Å². The molecule has 0 unspecified atom stereocenters. The van der Waals surface area contributed by atoms with Gasteiger partial charge in [-0.05, 0) is 62.4 Å². The van der Waals surface area contributed by atoms with Crippen LogP contribution in [0.4, 0.5) is 0 Å². The van der Waals surface area contributed by atoms with E-state index in [0.717, 1.165) is 0 Å². The predicted octanol–water partition coefficient (Wildman–Crippen LogP) is 5.33. The molecule has 0 atom stereocenters. The van der Waals surface area contributed by atoms with Gasteiger partial charge < -0.3 is 4.90 Å². The molecule has 2 heteroatoms. The van der Waals surface area contributed by atoms with Gasteiger partial charge in [-0.25, -0.2) is 0 Å². The summed E-state index contributed by atoms with van der Waals surface area (Å²) in [5.41, 5.74) is 0. The van der Waals surface area contributed by atoms with Crippen LogP contribution in [0, 0.1) is 0 Å². The van der Waals surface area contributed by atoms with Crippen LogP contribution in [0.1, 0.15) is 66.2 Å². The van der Waals surface area contributed by atoms with Crippen molar-refractivity contribution >= 4 is 11.8 Å². The molecule has 0 amide bonds. The zero-order valence-electron chi connectivity index (χ0n) is 13.0. The van der Waals surface area contributed by atoms with Crippen molar-refractivity contribution in [1.29, 1.82) is 0 Å². The van der Waals surface area contributed by atoms with E-state index >= 15 is 0 Å². The Bertz CT molecular complexity index is 197. The van der Waals surface area contributed by atoms with Crippen molar-refractivity contribution in [2.75, 3.05) is 25.4 Å². The molecular formula is C16H33NS. The molecule has 0 saturated heterocycles. The molecule has 0 spiro atoms. The summed E-state index contributed by atoms with van der Waals surface area (Å²) in [6.45, 7) is 12.7. The zero-order chi connectivity index (χ0) is 13.6. The van der Waals surface area contributed by atoms with Crippen molar-refractivity contribution < 1.29 is 0 Å². The summed E-state index contributed by atoms with van der Waals surface area (Å²) in [6, 6.07) is 0.